The number of anilines is 3. The number of phenolic OH excluding ortho intramolecular Hbond substituents is 1. The number of fused-ring (bicyclic) bond motifs is 1. The van der Waals surface area contributed by atoms with Crippen molar-refractivity contribution in [1.29, 1.82) is 0 Å². The van der Waals surface area contributed by atoms with Gasteiger partial charge in [0.15, 0.2) is 0 Å². The Morgan fingerprint density at radius 2 is 1.66 bits per heavy atom. The number of rotatable bonds is 4. The van der Waals surface area contributed by atoms with Crippen molar-refractivity contribution in [3.8, 4) is 17.0 Å². The van der Waals surface area contributed by atoms with Crippen molar-refractivity contribution in [2.45, 2.75) is 19.0 Å². The molecule has 0 spiro atoms. The second-order valence-electron chi connectivity index (χ2n) is 8.84. The summed E-state index contributed by atoms with van der Waals surface area (Å²) >= 11 is 0. The predicted molar refractivity (Wildman–Crippen MR) is 136 cm³/mol. The Morgan fingerprint density at radius 3 is 2.29 bits per heavy atom. The van der Waals surface area contributed by atoms with Gasteiger partial charge in [-0.2, -0.15) is 18.3 Å². The highest BCUT2D eigenvalue weighted by atomic mass is 19.4. The number of carbonyl (C=O) groups excluding carboxylic acids is 2. The third-order valence-electron chi connectivity index (χ3n) is 6.60. The fourth-order valence-electron chi connectivity index (χ4n) is 4.77. The zero-order chi connectivity index (χ0) is 27.2. The summed E-state index contributed by atoms with van der Waals surface area (Å²) in [6.07, 6.45) is -3.10. The number of alkyl halides is 3. The molecule has 1 N–H and O–H groups in total. The second kappa shape index (κ2) is 9.37. The first-order valence-corrected chi connectivity index (χ1v) is 11.8. The third kappa shape index (κ3) is 4.17. The van der Waals surface area contributed by atoms with Gasteiger partial charge in [0.25, 0.3) is 0 Å². The predicted octanol–water partition coefficient (Wildman–Crippen LogP) is 5.63. The van der Waals surface area contributed by atoms with E-state index in [0.717, 1.165) is 12.1 Å². The quantitative estimate of drug-likeness (QED) is 0.354. The van der Waals surface area contributed by atoms with E-state index >= 15 is 0 Å². The highest BCUT2D eigenvalue weighted by molar-refractivity contribution is 6.23. The molecule has 10 heteroatoms. The number of hydrogen-bond donors (Lipinski definition) is 1. The van der Waals surface area contributed by atoms with Gasteiger partial charge in [-0.1, -0.05) is 24.3 Å². The number of aryl methyl sites for hydroxylation is 1. The van der Waals surface area contributed by atoms with E-state index < -0.39 is 29.5 Å². The Bertz CT molecular complexity index is 1530. The fourth-order valence-corrected chi connectivity index (χ4v) is 4.77. The molecule has 1 aliphatic rings. The van der Waals surface area contributed by atoms with Crippen molar-refractivity contribution < 1.29 is 27.9 Å². The number of halogens is 3. The molecule has 2 heterocycles. The molecule has 2 amide bonds. The van der Waals surface area contributed by atoms with Crippen molar-refractivity contribution >= 4 is 28.9 Å². The summed E-state index contributed by atoms with van der Waals surface area (Å²) in [5.74, 6) is -2.75. The Hall–Kier alpha value is -4.60. The van der Waals surface area contributed by atoms with Crippen LogP contribution in [0.1, 0.15) is 24.0 Å². The van der Waals surface area contributed by atoms with Gasteiger partial charge in [0.1, 0.15) is 11.7 Å². The number of nitrogens with zero attached hydrogens (tertiary/aromatic N) is 4. The summed E-state index contributed by atoms with van der Waals surface area (Å²) in [5, 5.41) is 14.7. The average molecular weight is 521 g/mol. The van der Waals surface area contributed by atoms with E-state index in [0.29, 0.717) is 16.9 Å². The second-order valence-corrected chi connectivity index (χ2v) is 8.84. The van der Waals surface area contributed by atoms with Crippen LogP contribution in [0.4, 0.5) is 30.2 Å². The van der Waals surface area contributed by atoms with Gasteiger partial charge in [-0.3, -0.25) is 19.2 Å². The number of benzene rings is 3. The number of amides is 2. The first kappa shape index (κ1) is 25.1. The SMILES string of the molecule is CCN1C(=O)C(c2ccc(O)c(-c3ccnn3C)c2)C(=O)N(c2ccccc2)c2cc(C(F)(F)F)ccc21. The molecule has 0 fully saturated rings. The highest BCUT2D eigenvalue weighted by Crippen LogP contribution is 2.45. The lowest BCUT2D eigenvalue weighted by atomic mass is 9.93. The van der Waals surface area contributed by atoms with Gasteiger partial charge in [-0.25, -0.2) is 0 Å². The van der Waals surface area contributed by atoms with Crippen LogP contribution in [0.2, 0.25) is 0 Å². The van der Waals surface area contributed by atoms with Crippen LogP contribution in [0.25, 0.3) is 11.3 Å². The molecule has 1 aromatic heterocycles. The summed E-state index contributed by atoms with van der Waals surface area (Å²) in [7, 11) is 1.69. The molecule has 0 aliphatic carbocycles. The standard InChI is InChI=1S/C28H23F3N4O3/c1-3-34-22-11-10-18(28(29,30)31)16-23(22)35(19-7-5-4-6-8-19)27(38)25(26(34)37)17-9-12-24(36)20(15-17)21-13-14-32-33(21)2/h4-16,25,36H,3H2,1-2H3. The molecule has 1 atom stereocenters. The van der Waals surface area contributed by atoms with Crippen molar-refractivity contribution in [3.63, 3.8) is 0 Å². The molecule has 4 aromatic rings. The maximum absolute atomic E-state index is 14.2. The zero-order valence-corrected chi connectivity index (χ0v) is 20.5. The lowest BCUT2D eigenvalue weighted by Crippen LogP contribution is -2.39. The molecule has 5 rings (SSSR count). The zero-order valence-electron chi connectivity index (χ0n) is 20.5. The Kier molecular flexibility index (Phi) is 6.18. The molecular weight excluding hydrogens is 497 g/mol. The number of hydrogen-bond acceptors (Lipinski definition) is 4. The molecule has 0 saturated carbocycles. The number of aromatic nitrogens is 2. The Balaban J connectivity index is 1.74. The summed E-state index contributed by atoms with van der Waals surface area (Å²) < 4.78 is 42.7. The van der Waals surface area contributed by atoms with Crippen LogP contribution in [-0.2, 0) is 22.8 Å². The molecule has 0 bridgehead atoms. The smallest absolute Gasteiger partial charge is 0.416 e. The van der Waals surface area contributed by atoms with Gasteiger partial charge in [-0.05, 0) is 61.0 Å². The van der Waals surface area contributed by atoms with Crippen molar-refractivity contribution in [3.05, 3.63) is 90.1 Å². The third-order valence-corrected chi connectivity index (χ3v) is 6.60. The molecule has 1 aliphatic heterocycles. The van der Waals surface area contributed by atoms with Crippen molar-refractivity contribution in [2.75, 3.05) is 16.3 Å². The molecule has 0 saturated heterocycles. The minimum atomic E-state index is -4.65. The Morgan fingerprint density at radius 1 is 0.921 bits per heavy atom. The average Bonchev–Trinajstić information content (AvgIpc) is 3.28. The van der Waals surface area contributed by atoms with Crippen LogP contribution in [0, 0.1) is 0 Å². The van der Waals surface area contributed by atoms with Gasteiger partial charge in [0.2, 0.25) is 11.8 Å². The first-order chi connectivity index (χ1) is 18.1. The molecule has 1 unspecified atom stereocenters. The number of para-hydroxylation sites is 1. The summed E-state index contributed by atoms with van der Waals surface area (Å²) in [5.41, 5.74) is 0.740. The van der Waals surface area contributed by atoms with E-state index in [2.05, 4.69) is 5.10 Å². The monoisotopic (exact) mass is 520 g/mol. The van der Waals surface area contributed by atoms with E-state index in [1.54, 1.807) is 67.3 Å². The van der Waals surface area contributed by atoms with Crippen LogP contribution in [0.5, 0.6) is 5.75 Å². The van der Waals surface area contributed by atoms with E-state index in [1.165, 1.54) is 28.0 Å². The van der Waals surface area contributed by atoms with Gasteiger partial charge >= 0.3 is 6.18 Å². The number of aromatic hydroxyl groups is 1. The van der Waals surface area contributed by atoms with Gasteiger partial charge < -0.3 is 10.0 Å². The van der Waals surface area contributed by atoms with Crippen LogP contribution < -0.4 is 9.80 Å². The summed E-state index contributed by atoms with van der Waals surface area (Å²) in [4.78, 5) is 30.6. The lowest BCUT2D eigenvalue weighted by molar-refractivity contribution is -0.137. The molecule has 0 radical (unpaired) electrons. The Labute approximate surface area is 216 Å². The molecule has 38 heavy (non-hydrogen) atoms. The number of carbonyl (C=O) groups is 2. The van der Waals surface area contributed by atoms with E-state index in [1.807, 2.05) is 0 Å². The van der Waals surface area contributed by atoms with Gasteiger partial charge in [-0.15, -0.1) is 0 Å². The van der Waals surface area contributed by atoms with Crippen LogP contribution >= 0.6 is 0 Å². The van der Waals surface area contributed by atoms with E-state index in [4.69, 9.17) is 0 Å². The molecular formula is C28H23F3N4O3. The first-order valence-electron chi connectivity index (χ1n) is 11.8. The van der Waals surface area contributed by atoms with Crippen LogP contribution in [0.15, 0.2) is 79.0 Å². The van der Waals surface area contributed by atoms with Crippen LogP contribution in [-0.4, -0.2) is 33.2 Å². The molecule has 3 aromatic carbocycles. The van der Waals surface area contributed by atoms with Crippen molar-refractivity contribution in [1.82, 2.24) is 9.78 Å². The minimum absolute atomic E-state index is 0.0423. The normalized spacial score (nSPS) is 16.0. The van der Waals surface area contributed by atoms with Gasteiger partial charge in [0, 0.05) is 31.0 Å². The fraction of sp³-hybridized carbons (Fsp3) is 0.179. The topological polar surface area (TPSA) is 78.7 Å². The molecule has 7 nitrogen and oxygen atoms in total. The highest BCUT2D eigenvalue weighted by Gasteiger charge is 2.43. The van der Waals surface area contributed by atoms with Crippen molar-refractivity contribution in [2.24, 2.45) is 7.05 Å². The summed E-state index contributed by atoms with van der Waals surface area (Å²) in [6.45, 7) is 1.81. The maximum atomic E-state index is 14.2. The summed E-state index contributed by atoms with van der Waals surface area (Å²) in [6, 6.07) is 17.4. The maximum Gasteiger partial charge on any atom is 0.416 e. The largest absolute Gasteiger partial charge is 0.507 e. The van der Waals surface area contributed by atoms with Crippen LogP contribution in [0.3, 0.4) is 0 Å². The van der Waals surface area contributed by atoms with E-state index in [9.17, 15) is 27.9 Å². The minimum Gasteiger partial charge on any atom is -0.507 e. The molecule has 194 valence electrons. The lowest BCUT2D eigenvalue weighted by Gasteiger charge is -2.26. The number of phenols is 1. The van der Waals surface area contributed by atoms with Gasteiger partial charge in [0.05, 0.1) is 22.6 Å². The van der Waals surface area contributed by atoms with E-state index in [-0.39, 0.29) is 29.2 Å². The number of likely N-dealkylation sites (N-methyl/N-ethyl adjacent to an activating group) is 1.